The van der Waals surface area contributed by atoms with E-state index in [1.165, 1.54) is 0 Å². The van der Waals surface area contributed by atoms with E-state index < -0.39 is 0 Å². The summed E-state index contributed by atoms with van der Waals surface area (Å²) in [4.78, 5) is 13.6. The number of thiocarbonyl (C=S) groups is 1. The minimum atomic E-state index is 0.130. The second kappa shape index (κ2) is 5.91. The number of nitrogens with zero attached hydrogens (tertiary/aromatic N) is 1. The first-order valence-electron chi connectivity index (χ1n) is 4.53. The van der Waals surface area contributed by atoms with Crippen molar-refractivity contribution in [2.75, 3.05) is 13.1 Å². The molecule has 2 N–H and O–H groups in total. The second-order valence-electron chi connectivity index (χ2n) is 3.47. The van der Waals surface area contributed by atoms with E-state index in [1.807, 2.05) is 20.8 Å². The molecule has 0 heterocycles. The van der Waals surface area contributed by atoms with Crippen LogP contribution in [0.25, 0.3) is 0 Å². The Morgan fingerprint density at radius 2 is 2.08 bits per heavy atom. The van der Waals surface area contributed by atoms with Crippen LogP contribution >= 0.6 is 12.2 Å². The zero-order valence-electron chi connectivity index (χ0n) is 8.54. The van der Waals surface area contributed by atoms with Crippen LogP contribution in [0.3, 0.4) is 0 Å². The van der Waals surface area contributed by atoms with Gasteiger partial charge in [0.1, 0.15) is 0 Å². The van der Waals surface area contributed by atoms with Crippen molar-refractivity contribution in [3.8, 4) is 0 Å². The fraction of sp³-hybridized carbons (Fsp3) is 0.778. The van der Waals surface area contributed by atoms with Gasteiger partial charge >= 0.3 is 0 Å². The van der Waals surface area contributed by atoms with Crippen LogP contribution < -0.4 is 5.73 Å². The summed E-state index contributed by atoms with van der Waals surface area (Å²) < 4.78 is 0. The predicted octanol–water partition coefficient (Wildman–Crippen LogP) is 1.17. The predicted molar refractivity (Wildman–Crippen MR) is 58.5 cm³/mol. The summed E-state index contributed by atoms with van der Waals surface area (Å²) in [6, 6.07) is 0. The van der Waals surface area contributed by atoms with Crippen LogP contribution in [-0.4, -0.2) is 28.9 Å². The highest BCUT2D eigenvalue weighted by atomic mass is 32.1. The van der Waals surface area contributed by atoms with Gasteiger partial charge in [-0.2, -0.15) is 0 Å². The number of amides is 1. The van der Waals surface area contributed by atoms with Gasteiger partial charge in [-0.25, -0.2) is 0 Å². The Kier molecular flexibility index (Phi) is 5.62. The summed E-state index contributed by atoms with van der Waals surface area (Å²) in [6.45, 7) is 7.04. The molecule has 0 atom stereocenters. The summed E-state index contributed by atoms with van der Waals surface area (Å²) in [7, 11) is 0. The van der Waals surface area contributed by atoms with E-state index in [1.54, 1.807) is 4.90 Å². The van der Waals surface area contributed by atoms with Gasteiger partial charge in [-0.15, -0.1) is 0 Å². The number of rotatable bonds is 5. The van der Waals surface area contributed by atoms with Crippen LogP contribution in [0, 0.1) is 5.92 Å². The third kappa shape index (κ3) is 5.58. The fourth-order valence-electron chi connectivity index (χ4n) is 1.04. The van der Waals surface area contributed by atoms with Crippen molar-refractivity contribution < 1.29 is 4.79 Å². The molecule has 1 amide bonds. The molecule has 0 saturated heterocycles. The molecule has 0 spiro atoms. The van der Waals surface area contributed by atoms with Gasteiger partial charge in [-0.05, 0) is 12.8 Å². The topological polar surface area (TPSA) is 46.3 Å². The first-order valence-corrected chi connectivity index (χ1v) is 4.94. The van der Waals surface area contributed by atoms with E-state index in [9.17, 15) is 4.79 Å². The average Bonchev–Trinajstić information content (AvgIpc) is 1.98. The molecule has 0 aromatic heterocycles. The van der Waals surface area contributed by atoms with Gasteiger partial charge in [-0.3, -0.25) is 4.79 Å². The first kappa shape index (κ1) is 12.4. The molecule has 4 heteroatoms. The van der Waals surface area contributed by atoms with Crippen molar-refractivity contribution >= 4 is 23.1 Å². The van der Waals surface area contributed by atoms with E-state index in [0.29, 0.717) is 30.4 Å². The first-order chi connectivity index (χ1) is 5.97. The van der Waals surface area contributed by atoms with Gasteiger partial charge in [0, 0.05) is 13.0 Å². The normalized spacial score (nSPS) is 10.2. The van der Waals surface area contributed by atoms with Crippen molar-refractivity contribution in [1.82, 2.24) is 4.90 Å². The zero-order valence-corrected chi connectivity index (χ0v) is 9.36. The average molecular weight is 202 g/mol. The third-order valence-electron chi connectivity index (χ3n) is 1.66. The maximum Gasteiger partial charge on any atom is 0.223 e. The Bertz CT molecular complexity index is 192. The summed E-state index contributed by atoms with van der Waals surface area (Å²) in [6.07, 6.45) is 0.566. The van der Waals surface area contributed by atoms with Gasteiger partial charge in [0.15, 0.2) is 0 Å². The Labute approximate surface area is 85.3 Å². The second-order valence-corrected chi connectivity index (χ2v) is 4.00. The molecule has 76 valence electrons. The van der Waals surface area contributed by atoms with E-state index in [0.717, 1.165) is 0 Å². The van der Waals surface area contributed by atoms with Crippen LogP contribution in [0.1, 0.15) is 27.2 Å². The van der Waals surface area contributed by atoms with E-state index in [-0.39, 0.29) is 5.91 Å². The number of carbonyl (C=O) groups is 1. The highest BCUT2D eigenvalue weighted by Crippen LogP contribution is 2.03. The van der Waals surface area contributed by atoms with Crippen LogP contribution in [0.2, 0.25) is 0 Å². The van der Waals surface area contributed by atoms with E-state index >= 15 is 0 Å². The van der Waals surface area contributed by atoms with Crippen LogP contribution in [-0.2, 0) is 4.79 Å². The molecule has 0 aliphatic heterocycles. The molecule has 0 fully saturated rings. The molecular weight excluding hydrogens is 184 g/mol. The lowest BCUT2D eigenvalue weighted by Gasteiger charge is -2.20. The number of carbonyl (C=O) groups excluding carboxylic acids is 1. The smallest absolute Gasteiger partial charge is 0.223 e. The van der Waals surface area contributed by atoms with Gasteiger partial charge in [0.05, 0.1) is 11.5 Å². The molecule has 0 aliphatic carbocycles. The molecule has 0 bridgehead atoms. The Morgan fingerprint density at radius 3 is 2.38 bits per heavy atom. The fourth-order valence-corrected chi connectivity index (χ4v) is 1.20. The molecule has 0 unspecified atom stereocenters. The largest absolute Gasteiger partial charge is 0.392 e. The van der Waals surface area contributed by atoms with Crippen molar-refractivity contribution in [3.05, 3.63) is 0 Å². The number of hydrogen-bond donors (Lipinski definition) is 1. The Morgan fingerprint density at radius 1 is 1.54 bits per heavy atom. The molecule has 0 aliphatic rings. The maximum absolute atomic E-state index is 11.5. The number of likely N-dealkylation sites (N-methyl/N-ethyl adjacent to an activating group) is 1. The van der Waals surface area contributed by atoms with Crippen molar-refractivity contribution in [3.63, 3.8) is 0 Å². The highest BCUT2D eigenvalue weighted by Gasteiger charge is 2.13. The summed E-state index contributed by atoms with van der Waals surface area (Å²) in [5, 5.41) is 0. The van der Waals surface area contributed by atoms with Crippen LogP contribution in [0.5, 0.6) is 0 Å². The van der Waals surface area contributed by atoms with E-state index in [4.69, 9.17) is 18.0 Å². The van der Waals surface area contributed by atoms with Crippen molar-refractivity contribution in [2.24, 2.45) is 11.7 Å². The monoisotopic (exact) mass is 202 g/mol. The molecule has 13 heavy (non-hydrogen) atoms. The van der Waals surface area contributed by atoms with Crippen molar-refractivity contribution in [1.29, 1.82) is 0 Å². The summed E-state index contributed by atoms with van der Waals surface area (Å²) >= 11 is 4.75. The lowest BCUT2D eigenvalue weighted by atomic mass is 10.1. The Balaban J connectivity index is 4.07. The molecule has 0 radical (unpaired) electrons. The van der Waals surface area contributed by atoms with Crippen LogP contribution in [0.15, 0.2) is 0 Å². The maximum atomic E-state index is 11.5. The van der Waals surface area contributed by atoms with Gasteiger partial charge < -0.3 is 10.6 Å². The lowest BCUT2D eigenvalue weighted by Crippen LogP contribution is -2.37. The van der Waals surface area contributed by atoms with Crippen molar-refractivity contribution in [2.45, 2.75) is 27.2 Å². The third-order valence-corrected chi connectivity index (χ3v) is 1.79. The Hall–Kier alpha value is -0.640. The molecule has 0 aromatic carbocycles. The number of hydrogen-bond acceptors (Lipinski definition) is 2. The molecule has 0 saturated carbocycles. The minimum absolute atomic E-state index is 0.130. The standard InChI is InChI=1S/C9H18N2OS/c1-4-11(6-8(10)13)9(12)5-7(2)3/h7H,4-6H2,1-3H3,(H2,10,13). The zero-order chi connectivity index (χ0) is 10.4. The van der Waals surface area contributed by atoms with Gasteiger partial charge in [0.25, 0.3) is 0 Å². The van der Waals surface area contributed by atoms with Gasteiger partial charge in [-0.1, -0.05) is 26.1 Å². The van der Waals surface area contributed by atoms with Gasteiger partial charge in [0.2, 0.25) is 5.91 Å². The summed E-state index contributed by atoms with van der Waals surface area (Å²) in [5.74, 6) is 0.512. The summed E-state index contributed by atoms with van der Waals surface area (Å²) in [5.41, 5.74) is 5.38. The highest BCUT2D eigenvalue weighted by molar-refractivity contribution is 7.80. The van der Waals surface area contributed by atoms with E-state index in [2.05, 4.69) is 0 Å². The minimum Gasteiger partial charge on any atom is -0.392 e. The quantitative estimate of drug-likeness (QED) is 0.681. The molecule has 3 nitrogen and oxygen atoms in total. The molecular formula is C9H18N2OS. The SMILES string of the molecule is CCN(CC(N)=S)C(=O)CC(C)C. The van der Waals surface area contributed by atoms with Crippen LogP contribution in [0.4, 0.5) is 0 Å². The molecule has 0 aromatic rings. The lowest BCUT2D eigenvalue weighted by molar-refractivity contribution is -0.131. The molecule has 0 rings (SSSR count). The number of nitrogens with two attached hydrogens (primary N) is 1.